The van der Waals surface area contributed by atoms with Crippen molar-refractivity contribution in [1.82, 2.24) is 15.1 Å². The summed E-state index contributed by atoms with van der Waals surface area (Å²) in [6.07, 6.45) is 35.1. The second kappa shape index (κ2) is 40.6. The molecule has 1 atom stereocenters. The second-order valence-electron chi connectivity index (χ2n) is 20.4. The van der Waals surface area contributed by atoms with Gasteiger partial charge in [-0.25, -0.2) is 0 Å². The minimum Gasteiger partial charge on any atom is -0.465 e. The molecule has 0 saturated carbocycles. The van der Waals surface area contributed by atoms with E-state index in [2.05, 4.69) is 38.3 Å². The van der Waals surface area contributed by atoms with Gasteiger partial charge in [0.15, 0.2) is 0 Å². The molecule has 2 N–H and O–H groups in total. The maximum Gasteiger partial charge on any atom is 0.308 e. The van der Waals surface area contributed by atoms with Crippen molar-refractivity contribution in [2.75, 3.05) is 45.7 Å². The van der Waals surface area contributed by atoms with E-state index in [1.165, 1.54) is 127 Å². The number of likely N-dealkylation sites (N-methyl/N-ethyl adjacent to an activating group) is 1. The van der Waals surface area contributed by atoms with Crippen molar-refractivity contribution in [3.8, 4) is 0 Å². The number of esters is 2. The maximum absolute atomic E-state index is 13.7. The zero-order chi connectivity index (χ0) is 50.3. The Kier molecular flexibility index (Phi) is 36.5. The van der Waals surface area contributed by atoms with Crippen molar-refractivity contribution in [3.63, 3.8) is 0 Å². The molecular weight excluding hydrogens is 885 g/mol. The lowest BCUT2D eigenvalue weighted by atomic mass is 9.94. The van der Waals surface area contributed by atoms with Gasteiger partial charge in [0.05, 0.1) is 24.6 Å². The van der Waals surface area contributed by atoms with E-state index >= 15 is 0 Å². The van der Waals surface area contributed by atoms with Gasteiger partial charge in [-0.05, 0) is 96.7 Å². The van der Waals surface area contributed by atoms with Crippen LogP contribution in [-0.2, 0) is 41.6 Å². The number of ether oxygens (including phenoxy) is 2. The van der Waals surface area contributed by atoms with E-state index in [1.807, 2.05) is 23.9 Å². The standard InChI is InChI=1S/C57H102N4O7S/c1-7-11-15-19-22-26-34-47(35-27-23-20-16-12-8-2)57(66)67-45-33-25-30-39-52(63)61-43-41-49-50(46-61)69-56(54(49)55(65)58-42-44-60(5)6)59-51(62)38-31-32-40-53(64)68-48(36-28-18-14-10-4)37-29-24-21-17-13-9-3/h47-48H,7-46H2,1-6H3,(H,58,65)(H,59,62). The fourth-order valence-electron chi connectivity index (χ4n) is 9.35. The van der Waals surface area contributed by atoms with Crippen molar-refractivity contribution >= 4 is 46.0 Å². The number of amides is 3. The summed E-state index contributed by atoms with van der Waals surface area (Å²) in [6.45, 7) is 11.4. The largest absolute Gasteiger partial charge is 0.465 e. The van der Waals surface area contributed by atoms with E-state index in [-0.39, 0.29) is 48.1 Å². The van der Waals surface area contributed by atoms with E-state index in [9.17, 15) is 24.0 Å². The fourth-order valence-corrected chi connectivity index (χ4v) is 10.6. The Balaban J connectivity index is 1.89. The molecule has 1 unspecified atom stereocenters. The zero-order valence-corrected chi connectivity index (χ0v) is 45.9. The van der Waals surface area contributed by atoms with Gasteiger partial charge in [0.1, 0.15) is 11.1 Å². The molecule has 0 bridgehead atoms. The SMILES string of the molecule is CCCCCCCCC(CCCCCC)OC(=O)CCCCC(=O)Nc1sc2c(c1C(=O)NCCN(C)C)CCN(C(=O)CCCCCOC(=O)C(CCCCCCCC)CCCCCCCC)C2. The summed E-state index contributed by atoms with van der Waals surface area (Å²) in [5.41, 5.74) is 1.41. The molecule has 0 fully saturated rings. The van der Waals surface area contributed by atoms with Gasteiger partial charge in [-0.1, -0.05) is 156 Å². The van der Waals surface area contributed by atoms with Crippen molar-refractivity contribution in [3.05, 3.63) is 16.0 Å². The number of rotatable bonds is 44. The molecule has 0 aliphatic carbocycles. The Labute approximate surface area is 425 Å². The molecule has 0 saturated heterocycles. The summed E-state index contributed by atoms with van der Waals surface area (Å²) in [5, 5.41) is 6.61. The van der Waals surface area contributed by atoms with Crippen LogP contribution in [0, 0.1) is 5.92 Å². The predicted molar refractivity (Wildman–Crippen MR) is 287 cm³/mol. The fraction of sp³-hybridized carbons (Fsp3) is 0.842. The Morgan fingerprint density at radius 1 is 0.623 bits per heavy atom. The highest BCUT2D eigenvalue weighted by Crippen LogP contribution is 2.38. The summed E-state index contributed by atoms with van der Waals surface area (Å²) >= 11 is 1.39. The highest BCUT2D eigenvalue weighted by atomic mass is 32.1. The number of fused-ring (bicyclic) bond motifs is 1. The Hall–Kier alpha value is -2.99. The van der Waals surface area contributed by atoms with Crippen molar-refractivity contribution in [1.29, 1.82) is 0 Å². The van der Waals surface area contributed by atoms with E-state index in [0.29, 0.717) is 75.5 Å². The van der Waals surface area contributed by atoms with Gasteiger partial charge in [0.25, 0.3) is 5.91 Å². The van der Waals surface area contributed by atoms with Crippen LogP contribution < -0.4 is 10.6 Å². The molecule has 0 spiro atoms. The van der Waals surface area contributed by atoms with Crippen LogP contribution in [0.5, 0.6) is 0 Å². The van der Waals surface area contributed by atoms with Crippen LogP contribution in [0.25, 0.3) is 0 Å². The van der Waals surface area contributed by atoms with E-state index in [0.717, 1.165) is 81.1 Å². The van der Waals surface area contributed by atoms with Crippen LogP contribution >= 0.6 is 11.3 Å². The molecule has 1 aromatic rings. The molecule has 1 aliphatic heterocycles. The van der Waals surface area contributed by atoms with Gasteiger partial charge in [-0.15, -0.1) is 11.3 Å². The number of nitrogens with zero attached hydrogens (tertiary/aromatic N) is 2. The van der Waals surface area contributed by atoms with Crippen LogP contribution in [-0.4, -0.2) is 85.9 Å². The first-order chi connectivity index (χ1) is 33.5. The predicted octanol–water partition coefficient (Wildman–Crippen LogP) is 14.3. The average Bonchev–Trinajstić information content (AvgIpc) is 3.69. The molecule has 398 valence electrons. The Morgan fingerprint density at radius 2 is 1.13 bits per heavy atom. The highest BCUT2D eigenvalue weighted by Gasteiger charge is 2.30. The third kappa shape index (κ3) is 29.2. The lowest BCUT2D eigenvalue weighted by Crippen LogP contribution is -2.36. The molecular formula is C57H102N4O7S. The van der Waals surface area contributed by atoms with E-state index < -0.39 is 0 Å². The molecule has 12 heteroatoms. The Bertz CT molecular complexity index is 1520. The van der Waals surface area contributed by atoms with Crippen molar-refractivity contribution < 1.29 is 33.4 Å². The van der Waals surface area contributed by atoms with Crippen molar-refractivity contribution in [2.24, 2.45) is 5.92 Å². The van der Waals surface area contributed by atoms with Crippen LogP contribution in [0.4, 0.5) is 5.00 Å². The first-order valence-electron chi connectivity index (χ1n) is 28.5. The van der Waals surface area contributed by atoms with Gasteiger partial charge in [-0.3, -0.25) is 24.0 Å². The number of unbranched alkanes of at least 4 members (excludes halogenated alkanes) is 21. The number of anilines is 1. The molecule has 1 aromatic heterocycles. The second-order valence-corrected chi connectivity index (χ2v) is 21.5. The van der Waals surface area contributed by atoms with Gasteiger partial charge in [-0.2, -0.15) is 0 Å². The van der Waals surface area contributed by atoms with Gasteiger partial charge in [0.2, 0.25) is 11.8 Å². The zero-order valence-electron chi connectivity index (χ0n) is 45.1. The van der Waals surface area contributed by atoms with Crippen LogP contribution in [0.3, 0.4) is 0 Å². The first kappa shape index (κ1) is 62.1. The van der Waals surface area contributed by atoms with Gasteiger partial charge < -0.3 is 29.9 Å². The molecule has 0 radical (unpaired) electrons. The number of hydrogen-bond acceptors (Lipinski definition) is 9. The van der Waals surface area contributed by atoms with Crippen LogP contribution in [0.2, 0.25) is 0 Å². The maximum atomic E-state index is 13.7. The molecule has 0 aromatic carbocycles. The van der Waals surface area contributed by atoms with Crippen molar-refractivity contribution in [2.45, 2.75) is 265 Å². The summed E-state index contributed by atoms with van der Waals surface area (Å²) in [4.78, 5) is 71.4. The van der Waals surface area contributed by atoms with Crippen LogP contribution in [0.1, 0.15) is 267 Å². The average molecular weight is 988 g/mol. The van der Waals surface area contributed by atoms with E-state index in [4.69, 9.17) is 9.47 Å². The lowest BCUT2D eigenvalue weighted by Gasteiger charge is -2.27. The molecule has 2 heterocycles. The minimum absolute atomic E-state index is 0.00617. The quantitative estimate of drug-likeness (QED) is 0.0488. The number of carbonyl (C=O) groups is 5. The van der Waals surface area contributed by atoms with Gasteiger partial charge in [0, 0.05) is 43.8 Å². The number of thiophene rings is 1. The smallest absolute Gasteiger partial charge is 0.308 e. The lowest BCUT2D eigenvalue weighted by molar-refractivity contribution is -0.150. The number of carbonyl (C=O) groups excluding carboxylic acids is 5. The summed E-state index contributed by atoms with van der Waals surface area (Å²) in [6, 6.07) is 0. The number of nitrogens with one attached hydrogen (secondary N) is 2. The molecule has 69 heavy (non-hydrogen) atoms. The topological polar surface area (TPSA) is 134 Å². The highest BCUT2D eigenvalue weighted by molar-refractivity contribution is 7.17. The first-order valence-corrected chi connectivity index (χ1v) is 29.4. The third-order valence-electron chi connectivity index (χ3n) is 13.8. The molecule has 3 amide bonds. The normalized spacial score (nSPS) is 12.9. The van der Waals surface area contributed by atoms with E-state index in [1.54, 1.807) is 0 Å². The van der Waals surface area contributed by atoms with Crippen LogP contribution in [0.15, 0.2) is 0 Å². The molecule has 2 rings (SSSR count). The number of hydrogen-bond donors (Lipinski definition) is 2. The third-order valence-corrected chi connectivity index (χ3v) is 14.9. The molecule has 11 nitrogen and oxygen atoms in total. The minimum atomic E-state index is -0.214. The summed E-state index contributed by atoms with van der Waals surface area (Å²) in [5.74, 6) is -0.545. The summed E-state index contributed by atoms with van der Waals surface area (Å²) in [7, 11) is 3.91. The van der Waals surface area contributed by atoms with Gasteiger partial charge >= 0.3 is 11.9 Å². The monoisotopic (exact) mass is 987 g/mol. The summed E-state index contributed by atoms with van der Waals surface area (Å²) < 4.78 is 11.8. The Morgan fingerprint density at radius 3 is 1.71 bits per heavy atom. The molecule has 1 aliphatic rings.